The normalized spacial score (nSPS) is 14.6. The summed E-state index contributed by atoms with van der Waals surface area (Å²) in [7, 11) is 0. The molecular formula is C17H17Cl3N4S. The van der Waals surface area contributed by atoms with Crippen molar-refractivity contribution in [3.05, 3.63) is 51.2 Å². The molecule has 3 rings (SSSR count). The van der Waals surface area contributed by atoms with Crippen molar-refractivity contribution >= 4 is 63.5 Å². The molecule has 0 aliphatic carbocycles. The number of thiocarbonyl (C=S) groups is 1. The van der Waals surface area contributed by atoms with Gasteiger partial charge in [-0.3, -0.25) is 4.98 Å². The van der Waals surface area contributed by atoms with Crippen LogP contribution in [0.25, 0.3) is 0 Å². The minimum atomic E-state index is 0.563. The zero-order valence-electron chi connectivity index (χ0n) is 13.6. The molecule has 1 saturated heterocycles. The first-order valence-electron chi connectivity index (χ1n) is 7.81. The number of halogens is 3. The van der Waals surface area contributed by atoms with E-state index in [1.807, 2.05) is 25.1 Å². The lowest BCUT2D eigenvalue weighted by atomic mass is 10.2. The summed E-state index contributed by atoms with van der Waals surface area (Å²) >= 11 is 24.3. The summed E-state index contributed by atoms with van der Waals surface area (Å²) in [6.07, 6.45) is 3.22. The van der Waals surface area contributed by atoms with Gasteiger partial charge in [0.2, 0.25) is 0 Å². The number of nitrogens with one attached hydrogen (secondary N) is 1. The molecule has 25 heavy (non-hydrogen) atoms. The van der Waals surface area contributed by atoms with Crippen molar-refractivity contribution in [1.29, 1.82) is 0 Å². The summed E-state index contributed by atoms with van der Waals surface area (Å²) < 4.78 is 0. The van der Waals surface area contributed by atoms with Crippen LogP contribution in [0.2, 0.25) is 15.1 Å². The summed E-state index contributed by atoms with van der Waals surface area (Å²) in [4.78, 5) is 8.27. The Kier molecular flexibility index (Phi) is 5.89. The van der Waals surface area contributed by atoms with Gasteiger partial charge in [0.25, 0.3) is 0 Å². The fourth-order valence-corrected chi connectivity index (χ4v) is 3.93. The Morgan fingerprint density at radius 3 is 2.28 bits per heavy atom. The Balaban J connectivity index is 1.63. The summed E-state index contributed by atoms with van der Waals surface area (Å²) in [6, 6.07) is 5.86. The van der Waals surface area contributed by atoms with E-state index in [2.05, 4.69) is 20.1 Å². The first-order chi connectivity index (χ1) is 12.0. The molecule has 1 aromatic heterocycles. The highest BCUT2D eigenvalue weighted by Crippen LogP contribution is 2.33. The Morgan fingerprint density at radius 1 is 1.04 bits per heavy atom. The van der Waals surface area contributed by atoms with Gasteiger partial charge in [0.15, 0.2) is 5.11 Å². The molecule has 0 bridgehead atoms. The fraction of sp³-hybridized carbons (Fsp3) is 0.294. The fourth-order valence-electron chi connectivity index (χ4n) is 2.76. The van der Waals surface area contributed by atoms with Crippen molar-refractivity contribution in [2.24, 2.45) is 0 Å². The van der Waals surface area contributed by atoms with Gasteiger partial charge in [-0.25, -0.2) is 0 Å². The summed E-state index contributed by atoms with van der Waals surface area (Å²) in [5, 5.41) is 5.68. The smallest absolute Gasteiger partial charge is 0.173 e. The van der Waals surface area contributed by atoms with Gasteiger partial charge in [-0.2, -0.15) is 0 Å². The monoisotopic (exact) mass is 414 g/mol. The van der Waals surface area contributed by atoms with E-state index in [9.17, 15) is 0 Å². The van der Waals surface area contributed by atoms with Crippen molar-refractivity contribution in [3.63, 3.8) is 0 Å². The van der Waals surface area contributed by atoms with Gasteiger partial charge in [0.1, 0.15) is 0 Å². The van der Waals surface area contributed by atoms with Gasteiger partial charge in [-0.1, -0.05) is 40.9 Å². The van der Waals surface area contributed by atoms with Gasteiger partial charge < -0.3 is 15.1 Å². The van der Waals surface area contributed by atoms with Crippen LogP contribution in [0.5, 0.6) is 0 Å². The highest BCUT2D eigenvalue weighted by molar-refractivity contribution is 7.80. The largest absolute Gasteiger partial charge is 0.365 e. The maximum Gasteiger partial charge on any atom is 0.173 e. The third kappa shape index (κ3) is 4.29. The van der Waals surface area contributed by atoms with Gasteiger partial charge in [0.05, 0.1) is 26.4 Å². The van der Waals surface area contributed by atoms with Crippen molar-refractivity contribution in [1.82, 2.24) is 9.88 Å². The van der Waals surface area contributed by atoms with Gasteiger partial charge in [-0.05, 0) is 36.8 Å². The van der Waals surface area contributed by atoms with Crippen LogP contribution in [0.15, 0.2) is 30.6 Å². The number of rotatable bonds is 2. The number of nitrogens with zero attached hydrogens (tertiary/aromatic N) is 3. The van der Waals surface area contributed by atoms with Crippen LogP contribution in [-0.4, -0.2) is 41.2 Å². The predicted molar refractivity (Wildman–Crippen MR) is 110 cm³/mol. The zero-order valence-corrected chi connectivity index (χ0v) is 16.7. The molecule has 0 amide bonds. The highest BCUT2D eigenvalue weighted by atomic mass is 35.5. The molecule has 1 aliphatic rings. The molecule has 0 saturated carbocycles. The molecule has 2 aromatic rings. The van der Waals surface area contributed by atoms with Crippen molar-refractivity contribution in [3.8, 4) is 0 Å². The van der Waals surface area contributed by atoms with E-state index in [-0.39, 0.29) is 0 Å². The van der Waals surface area contributed by atoms with Crippen LogP contribution >= 0.6 is 47.0 Å². The molecule has 4 nitrogen and oxygen atoms in total. The first-order valence-corrected chi connectivity index (χ1v) is 9.36. The van der Waals surface area contributed by atoms with Crippen LogP contribution in [0.3, 0.4) is 0 Å². The van der Waals surface area contributed by atoms with Crippen molar-refractivity contribution in [2.75, 3.05) is 36.4 Å². The molecule has 1 aromatic carbocycles. The SMILES string of the molecule is Cc1ccc(NC(=S)N2CCN(c3c(Cl)cncc3Cl)CC2)c(Cl)c1. The molecule has 0 unspecified atom stereocenters. The lowest BCUT2D eigenvalue weighted by molar-refractivity contribution is 0.391. The van der Waals surface area contributed by atoms with Crippen LogP contribution in [0, 0.1) is 6.92 Å². The number of hydrogen-bond donors (Lipinski definition) is 1. The average molecular weight is 416 g/mol. The van der Waals surface area contributed by atoms with Gasteiger partial charge in [0, 0.05) is 38.6 Å². The molecule has 132 valence electrons. The molecule has 1 fully saturated rings. The van der Waals surface area contributed by atoms with Crippen LogP contribution in [0.4, 0.5) is 11.4 Å². The third-order valence-electron chi connectivity index (χ3n) is 4.08. The van der Waals surface area contributed by atoms with E-state index >= 15 is 0 Å². The Bertz CT molecular complexity index is 771. The molecule has 1 N–H and O–H groups in total. The zero-order chi connectivity index (χ0) is 18.0. The van der Waals surface area contributed by atoms with Gasteiger partial charge >= 0.3 is 0 Å². The second-order valence-corrected chi connectivity index (χ2v) is 7.45. The topological polar surface area (TPSA) is 31.4 Å². The Labute approximate surface area is 167 Å². The van der Waals surface area contributed by atoms with E-state index < -0.39 is 0 Å². The lowest BCUT2D eigenvalue weighted by Gasteiger charge is -2.38. The highest BCUT2D eigenvalue weighted by Gasteiger charge is 2.22. The molecule has 1 aliphatic heterocycles. The Morgan fingerprint density at radius 2 is 1.68 bits per heavy atom. The number of anilines is 2. The molecule has 0 spiro atoms. The van der Waals surface area contributed by atoms with E-state index in [4.69, 9.17) is 47.0 Å². The van der Waals surface area contributed by atoms with E-state index in [0.717, 1.165) is 43.1 Å². The molecule has 8 heteroatoms. The molecule has 2 heterocycles. The lowest BCUT2D eigenvalue weighted by Crippen LogP contribution is -2.50. The predicted octanol–water partition coefficient (Wildman–Crippen LogP) is 4.87. The summed E-state index contributed by atoms with van der Waals surface area (Å²) in [5.41, 5.74) is 2.76. The Hall–Kier alpha value is -1.27. The molecule has 0 radical (unpaired) electrons. The number of benzene rings is 1. The number of piperazine rings is 1. The number of aryl methyl sites for hydroxylation is 1. The average Bonchev–Trinajstić information content (AvgIpc) is 2.58. The maximum absolute atomic E-state index is 6.27. The maximum atomic E-state index is 6.27. The van der Waals surface area contributed by atoms with Crippen molar-refractivity contribution < 1.29 is 0 Å². The number of aromatic nitrogens is 1. The molecular weight excluding hydrogens is 399 g/mol. The van der Waals surface area contributed by atoms with Crippen LogP contribution < -0.4 is 10.2 Å². The second-order valence-electron chi connectivity index (χ2n) is 5.84. The summed E-state index contributed by atoms with van der Waals surface area (Å²) in [6.45, 7) is 5.08. The second kappa shape index (κ2) is 7.96. The van der Waals surface area contributed by atoms with Crippen molar-refractivity contribution in [2.45, 2.75) is 6.92 Å². The number of pyridine rings is 1. The minimum Gasteiger partial charge on any atom is -0.365 e. The number of hydrogen-bond acceptors (Lipinski definition) is 3. The third-order valence-corrected chi connectivity index (χ3v) is 5.30. The van der Waals surface area contributed by atoms with Crippen LogP contribution in [-0.2, 0) is 0 Å². The van der Waals surface area contributed by atoms with Gasteiger partial charge in [-0.15, -0.1) is 0 Å². The van der Waals surface area contributed by atoms with E-state index in [1.165, 1.54) is 0 Å². The molecule has 0 atom stereocenters. The standard InChI is InChI=1S/C17H17Cl3N4S/c1-11-2-3-15(12(18)8-11)22-17(25)24-6-4-23(5-7-24)16-13(19)9-21-10-14(16)20/h2-3,8-10H,4-7H2,1H3,(H,22,25). The summed E-state index contributed by atoms with van der Waals surface area (Å²) in [5.74, 6) is 0. The van der Waals surface area contributed by atoms with E-state index in [0.29, 0.717) is 20.2 Å². The quantitative estimate of drug-likeness (QED) is 0.707. The minimum absolute atomic E-state index is 0.563. The van der Waals surface area contributed by atoms with Crippen LogP contribution in [0.1, 0.15) is 5.56 Å². The first kappa shape index (κ1) is 18.5. The van der Waals surface area contributed by atoms with E-state index in [1.54, 1.807) is 12.4 Å².